The molecule has 2 N–H and O–H groups in total. The van der Waals surface area contributed by atoms with Crippen LogP contribution in [0.2, 0.25) is 0 Å². The number of thioether (sulfide) groups is 1. The summed E-state index contributed by atoms with van der Waals surface area (Å²) < 4.78 is 13.5. The fraction of sp³-hybridized carbons (Fsp3) is 0.158. The minimum Gasteiger partial charge on any atom is -0.351 e. The number of nitrogens with one attached hydrogen (secondary N) is 2. The molecule has 144 valence electrons. The molecule has 0 unspecified atom stereocenters. The van der Waals surface area contributed by atoms with Crippen LogP contribution in [0, 0.1) is 5.82 Å². The Balaban J connectivity index is 1.41. The van der Waals surface area contributed by atoms with Crippen molar-refractivity contribution in [2.45, 2.75) is 17.3 Å². The van der Waals surface area contributed by atoms with E-state index < -0.39 is 0 Å². The molecule has 0 atom stereocenters. The number of rotatable bonds is 8. The highest BCUT2D eigenvalue weighted by Crippen LogP contribution is 2.25. The Morgan fingerprint density at radius 1 is 0.964 bits per heavy atom. The van der Waals surface area contributed by atoms with Crippen molar-refractivity contribution in [3.05, 3.63) is 71.5 Å². The van der Waals surface area contributed by atoms with Gasteiger partial charge in [-0.15, -0.1) is 10.2 Å². The number of anilines is 1. The van der Waals surface area contributed by atoms with Crippen LogP contribution >= 0.6 is 23.1 Å². The number of carbonyl (C=O) groups excluding carboxylic acids is 2. The Morgan fingerprint density at radius 2 is 1.71 bits per heavy atom. The van der Waals surface area contributed by atoms with Crippen molar-refractivity contribution in [3.8, 4) is 0 Å². The molecular formula is C19H17FN4O2S2. The van der Waals surface area contributed by atoms with Gasteiger partial charge in [-0.3, -0.25) is 9.59 Å². The Hall–Kier alpha value is -2.78. The van der Waals surface area contributed by atoms with Crippen LogP contribution in [0.3, 0.4) is 0 Å². The molecule has 2 aromatic carbocycles. The van der Waals surface area contributed by atoms with E-state index in [1.54, 1.807) is 12.1 Å². The third-order valence-corrected chi connectivity index (χ3v) is 5.56. The molecule has 0 bridgehead atoms. The number of carbonyl (C=O) groups is 2. The van der Waals surface area contributed by atoms with E-state index in [1.165, 1.54) is 35.2 Å². The lowest BCUT2D eigenvalue weighted by molar-refractivity contribution is -0.118. The number of benzene rings is 2. The van der Waals surface area contributed by atoms with Crippen LogP contribution in [0.25, 0.3) is 0 Å². The lowest BCUT2D eigenvalue weighted by atomic mass is 10.1. The second-order valence-electron chi connectivity index (χ2n) is 5.78. The quantitative estimate of drug-likeness (QED) is 0.435. The molecule has 28 heavy (non-hydrogen) atoms. The maximum Gasteiger partial charge on any atom is 0.230 e. The lowest BCUT2D eigenvalue weighted by Crippen LogP contribution is -2.24. The minimum absolute atomic E-state index is 0.106. The lowest BCUT2D eigenvalue weighted by Gasteiger charge is -2.03. The summed E-state index contributed by atoms with van der Waals surface area (Å²) in [4.78, 5) is 24.0. The van der Waals surface area contributed by atoms with E-state index in [0.29, 0.717) is 21.6 Å². The molecule has 0 aliphatic heterocycles. The summed E-state index contributed by atoms with van der Waals surface area (Å²) >= 11 is 2.46. The molecule has 0 aliphatic rings. The van der Waals surface area contributed by atoms with Gasteiger partial charge in [0.05, 0.1) is 12.2 Å². The Morgan fingerprint density at radius 3 is 2.46 bits per heavy atom. The molecule has 0 radical (unpaired) electrons. The average Bonchev–Trinajstić information content (AvgIpc) is 3.14. The molecule has 0 saturated carbocycles. The molecule has 0 fully saturated rings. The van der Waals surface area contributed by atoms with Crippen molar-refractivity contribution in [2.75, 3.05) is 11.1 Å². The molecule has 1 heterocycles. The summed E-state index contributed by atoms with van der Waals surface area (Å²) in [7, 11) is 0. The van der Waals surface area contributed by atoms with Gasteiger partial charge in [-0.2, -0.15) is 0 Å². The summed E-state index contributed by atoms with van der Waals surface area (Å²) in [6, 6.07) is 15.4. The fourth-order valence-corrected chi connectivity index (χ4v) is 3.84. The molecule has 6 nitrogen and oxygen atoms in total. The molecule has 0 aliphatic carbocycles. The van der Waals surface area contributed by atoms with Gasteiger partial charge in [0, 0.05) is 6.54 Å². The summed E-state index contributed by atoms with van der Waals surface area (Å²) in [5.41, 5.74) is 1.73. The molecule has 0 saturated heterocycles. The summed E-state index contributed by atoms with van der Waals surface area (Å²) in [5, 5.41) is 13.7. The van der Waals surface area contributed by atoms with Crippen molar-refractivity contribution in [1.82, 2.24) is 15.5 Å². The summed E-state index contributed by atoms with van der Waals surface area (Å²) in [5.74, 6) is -0.501. The normalized spacial score (nSPS) is 10.5. The molecule has 0 spiro atoms. The smallest absolute Gasteiger partial charge is 0.230 e. The van der Waals surface area contributed by atoms with E-state index in [-0.39, 0.29) is 29.8 Å². The highest BCUT2D eigenvalue weighted by Gasteiger charge is 2.11. The summed E-state index contributed by atoms with van der Waals surface area (Å²) in [6.07, 6.45) is 0.115. The van der Waals surface area contributed by atoms with Crippen molar-refractivity contribution >= 4 is 40.0 Å². The van der Waals surface area contributed by atoms with Crippen LogP contribution in [0.4, 0.5) is 9.52 Å². The standard InChI is InChI=1S/C19H17FN4O2S2/c20-15-8-6-13(7-9-15)10-16(25)22-18-23-24-19(28-18)27-12-17(26)21-11-14-4-2-1-3-5-14/h1-9H,10-12H2,(H,21,26)(H,22,23,25). The maximum atomic E-state index is 12.9. The number of hydrogen-bond donors (Lipinski definition) is 2. The first-order chi connectivity index (χ1) is 13.6. The van der Waals surface area contributed by atoms with Crippen LogP contribution in [0.1, 0.15) is 11.1 Å². The zero-order chi connectivity index (χ0) is 19.8. The second kappa shape index (κ2) is 9.95. The van der Waals surface area contributed by atoms with Crippen molar-refractivity contribution < 1.29 is 14.0 Å². The molecule has 2 amide bonds. The van der Waals surface area contributed by atoms with Gasteiger partial charge >= 0.3 is 0 Å². The summed E-state index contributed by atoms with van der Waals surface area (Å²) in [6.45, 7) is 0.473. The van der Waals surface area contributed by atoms with E-state index in [2.05, 4.69) is 20.8 Å². The number of aromatic nitrogens is 2. The van der Waals surface area contributed by atoms with Gasteiger partial charge in [-0.05, 0) is 23.3 Å². The SMILES string of the molecule is O=C(CSc1nnc(NC(=O)Cc2ccc(F)cc2)s1)NCc1ccccc1. The van der Waals surface area contributed by atoms with Crippen LogP contribution in [0.5, 0.6) is 0 Å². The van der Waals surface area contributed by atoms with Crippen LogP contribution < -0.4 is 10.6 Å². The zero-order valence-electron chi connectivity index (χ0n) is 14.7. The highest BCUT2D eigenvalue weighted by atomic mass is 32.2. The number of nitrogens with zero attached hydrogens (tertiary/aromatic N) is 2. The van der Waals surface area contributed by atoms with Gasteiger partial charge in [-0.25, -0.2) is 4.39 Å². The Bertz CT molecular complexity index is 933. The third kappa shape index (κ3) is 6.43. The Kier molecular flexibility index (Phi) is 7.10. The topological polar surface area (TPSA) is 84.0 Å². The number of halogens is 1. The zero-order valence-corrected chi connectivity index (χ0v) is 16.4. The predicted molar refractivity (Wildman–Crippen MR) is 108 cm³/mol. The van der Waals surface area contributed by atoms with E-state index in [4.69, 9.17) is 0 Å². The van der Waals surface area contributed by atoms with Gasteiger partial charge in [-0.1, -0.05) is 65.6 Å². The minimum atomic E-state index is -0.345. The van der Waals surface area contributed by atoms with E-state index in [0.717, 1.165) is 5.56 Å². The average molecular weight is 417 g/mol. The monoisotopic (exact) mass is 416 g/mol. The van der Waals surface area contributed by atoms with Crippen LogP contribution in [0.15, 0.2) is 58.9 Å². The third-order valence-electron chi connectivity index (χ3n) is 3.59. The molecule has 9 heteroatoms. The van der Waals surface area contributed by atoms with E-state index >= 15 is 0 Å². The molecule has 1 aromatic heterocycles. The van der Waals surface area contributed by atoms with Gasteiger partial charge in [0.2, 0.25) is 16.9 Å². The van der Waals surface area contributed by atoms with E-state index in [9.17, 15) is 14.0 Å². The first-order valence-electron chi connectivity index (χ1n) is 8.40. The fourth-order valence-electron chi connectivity index (χ4n) is 2.24. The maximum absolute atomic E-state index is 12.9. The molecule has 3 aromatic rings. The van der Waals surface area contributed by atoms with Crippen LogP contribution in [-0.4, -0.2) is 27.8 Å². The largest absolute Gasteiger partial charge is 0.351 e. The second-order valence-corrected chi connectivity index (χ2v) is 7.98. The van der Waals surface area contributed by atoms with E-state index in [1.807, 2.05) is 30.3 Å². The van der Waals surface area contributed by atoms with Gasteiger partial charge in [0.15, 0.2) is 4.34 Å². The van der Waals surface area contributed by atoms with Gasteiger partial charge < -0.3 is 10.6 Å². The predicted octanol–water partition coefficient (Wildman–Crippen LogP) is 3.27. The molecule has 3 rings (SSSR count). The number of hydrogen-bond acceptors (Lipinski definition) is 6. The van der Waals surface area contributed by atoms with Gasteiger partial charge in [0.25, 0.3) is 0 Å². The first kappa shape index (κ1) is 20.0. The highest BCUT2D eigenvalue weighted by molar-refractivity contribution is 8.01. The van der Waals surface area contributed by atoms with Crippen LogP contribution in [-0.2, 0) is 22.6 Å². The Labute approximate surface area is 169 Å². The number of amides is 2. The van der Waals surface area contributed by atoms with Crippen molar-refractivity contribution in [1.29, 1.82) is 0 Å². The van der Waals surface area contributed by atoms with Gasteiger partial charge in [0.1, 0.15) is 5.82 Å². The first-order valence-corrected chi connectivity index (χ1v) is 10.2. The van der Waals surface area contributed by atoms with Crippen molar-refractivity contribution in [2.24, 2.45) is 0 Å². The van der Waals surface area contributed by atoms with Crippen molar-refractivity contribution in [3.63, 3.8) is 0 Å². The molecular weight excluding hydrogens is 399 g/mol.